The average Bonchev–Trinajstić information content (AvgIpc) is 3.34. The Balaban J connectivity index is 1.77. The van der Waals surface area contributed by atoms with Crippen LogP contribution in [0.5, 0.6) is 0 Å². The van der Waals surface area contributed by atoms with Gasteiger partial charge in [0.05, 0.1) is 11.6 Å². The first kappa shape index (κ1) is 19.6. The van der Waals surface area contributed by atoms with Crippen LogP contribution in [-0.4, -0.2) is 56.3 Å². The molecule has 3 aromatic rings. The number of hydrogen-bond acceptors (Lipinski definition) is 5. The third kappa shape index (κ3) is 3.64. The SMILES string of the molecule is Cc1ccc2cc(CN(C[C@@H]3CCCO3)C(=O)C(F)(F)F)c3nnnn3c2c1C. The van der Waals surface area contributed by atoms with Crippen LogP contribution in [0.2, 0.25) is 0 Å². The topological polar surface area (TPSA) is 72.6 Å². The Bertz CT molecular complexity index is 1070. The van der Waals surface area contributed by atoms with Gasteiger partial charge < -0.3 is 9.64 Å². The molecule has 0 N–H and O–H groups in total. The molecule has 0 radical (unpaired) electrons. The number of pyridine rings is 1. The van der Waals surface area contributed by atoms with Gasteiger partial charge in [0.25, 0.3) is 0 Å². The molecule has 0 saturated carbocycles. The molecule has 0 unspecified atom stereocenters. The Kier molecular flexibility index (Phi) is 4.89. The van der Waals surface area contributed by atoms with E-state index in [2.05, 4.69) is 15.5 Å². The fraction of sp³-hybridized carbons (Fsp3) is 0.474. The normalized spacial score (nSPS) is 17.3. The van der Waals surface area contributed by atoms with Crippen molar-refractivity contribution in [3.05, 3.63) is 34.9 Å². The molecule has 1 aliphatic heterocycles. The summed E-state index contributed by atoms with van der Waals surface area (Å²) in [5, 5.41) is 12.5. The minimum absolute atomic E-state index is 0.128. The molecule has 29 heavy (non-hydrogen) atoms. The molecule has 154 valence electrons. The first-order valence-electron chi connectivity index (χ1n) is 9.33. The van der Waals surface area contributed by atoms with Crippen molar-refractivity contribution >= 4 is 22.5 Å². The number of ether oxygens (including phenoxy) is 1. The number of hydrogen-bond donors (Lipinski definition) is 0. The van der Waals surface area contributed by atoms with E-state index in [1.165, 1.54) is 4.52 Å². The highest BCUT2D eigenvalue weighted by atomic mass is 19.4. The van der Waals surface area contributed by atoms with Gasteiger partial charge in [-0.25, -0.2) is 0 Å². The van der Waals surface area contributed by atoms with E-state index in [1.807, 2.05) is 26.0 Å². The molecule has 0 spiro atoms. The van der Waals surface area contributed by atoms with Gasteiger partial charge in [0.15, 0.2) is 5.65 Å². The summed E-state index contributed by atoms with van der Waals surface area (Å²) >= 11 is 0. The lowest BCUT2D eigenvalue weighted by atomic mass is 10.0. The zero-order valence-electron chi connectivity index (χ0n) is 16.0. The number of nitrogens with zero attached hydrogens (tertiary/aromatic N) is 5. The monoisotopic (exact) mass is 407 g/mol. The van der Waals surface area contributed by atoms with Crippen molar-refractivity contribution in [1.82, 2.24) is 24.9 Å². The number of tetrazole rings is 1. The number of carbonyl (C=O) groups is 1. The van der Waals surface area contributed by atoms with Crippen LogP contribution in [0.25, 0.3) is 16.6 Å². The Morgan fingerprint density at radius 3 is 2.83 bits per heavy atom. The van der Waals surface area contributed by atoms with E-state index in [1.54, 1.807) is 6.07 Å². The van der Waals surface area contributed by atoms with Crippen molar-refractivity contribution < 1.29 is 22.7 Å². The van der Waals surface area contributed by atoms with Crippen molar-refractivity contribution in [2.24, 2.45) is 0 Å². The van der Waals surface area contributed by atoms with Gasteiger partial charge in [0, 0.05) is 30.6 Å². The predicted octanol–water partition coefficient (Wildman–Crippen LogP) is 2.96. The number of carbonyl (C=O) groups excluding carboxylic acids is 1. The molecule has 1 atom stereocenters. The molecule has 1 aliphatic rings. The van der Waals surface area contributed by atoms with Crippen LogP contribution in [-0.2, 0) is 16.1 Å². The fourth-order valence-corrected chi connectivity index (χ4v) is 3.76. The predicted molar refractivity (Wildman–Crippen MR) is 98.2 cm³/mol. The van der Waals surface area contributed by atoms with E-state index in [0.717, 1.165) is 33.4 Å². The van der Waals surface area contributed by atoms with Crippen LogP contribution in [0.1, 0.15) is 29.5 Å². The number of aryl methyl sites for hydroxylation is 2. The average molecular weight is 407 g/mol. The lowest BCUT2D eigenvalue weighted by molar-refractivity contribution is -0.187. The standard InChI is InChI=1S/C19H20F3N5O2/c1-11-5-6-13-8-14(17-23-24-25-27(17)16(13)12(11)2)9-26(18(28)19(20,21)22)10-15-4-3-7-29-15/h5-6,8,15H,3-4,7,9-10H2,1-2H3/t15-/m0/s1. The second-order valence-corrected chi connectivity index (χ2v) is 7.35. The van der Waals surface area contributed by atoms with Gasteiger partial charge in [-0.05, 0) is 54.3 Å². The van der Waals surface area contributed by atoms with E-state index in [-0.39, 0.29) is 13.1 Å². The van der Waals surface area contributed by atoms with Gasteiger partial charge in [-0.3, -0.25) is 4.79 Å². The maximum atomic E-state index is 13.2. The quantitative estimate of drug-likeness (QED) is 0.665. The maximum Gasteiger partial charge on any atom is 0.471 e. The lowest BCUT2D eigenvalue weighted by Gasteiger charge is -2.26. The lowest BCUT2D eigenvalue weighted by Crippen LogP contribution is -2.44. The highest BCUT2D eigenvalue weighted by Crippen LogP contribution is 2.27. The highest BCUT2D eigenvalue weighted by molar-refractivity contribution is 5.87. The summed E-state index contributed by atoms with van der Waals surface area (Å²) < 4.78 is 46.6. The van der Waals surface area contributed by atoms with Gasteiger partial charge in [-0.1, -0.05) is 12.1 Å². The van der Waals surface area contributed by atoms with Gasteiger partial charge >= 0.3 is 12.1 Å². The molecule has 7 nitrogen and oxygen atoms in total. The number of rotatable bonds is 4. The number of benzene rings is 1. The van der Waals surface area contributed by atoms with Crippen LogP contribution in [0.3, 0.4) is 0 Å². The number of amides is 1. The van der Waals surface area contributed by atoms with Gasteiger partial charge in [-0.15, -0.1) is 5.10 Å². The van der Waals surface area contributed by atoms with Crippen LogP contribution in [0.15, 0.2) is 18.2 Å². The molecule has 1 fully saturated rings. The molecular formula is C19H20F3N5O2. The minimum Gasteiger partial charge on any atom is -0.376 e. The number of alkyl halides is 3. The Morgan fingerprint density at radius 2 is 2.14 bits per heavy atom. The third-order valence-corrected chi connectivity index (χ3v) is 5.37. The second kappa shape index (κ2) is 7.25. The molecule has 1 saturated heterocycles. The van der Waals surface area contributed by atoms with E-state index in [4.69, 9.17) is 4.74 Å². The summed E-state index contributed by atoms with van der Waals surface area (Å²) in [6.45, 7) is 4.01. The van der Waals surface area contributed by atoms with Crippen molar-refractivity contribution in [3.63, 3.8) is 0 Å². The summed E-state index contributed by atoms with van der Waals surface area (Å²) in [7, 11) is 0. The maximum absolute atomic E-state index is 13.2. The molecule has 0 bridgehead atoms. The number of aromatic nitrogens is 4. The van der Waals surface area contributed by atoms with Crippen molar-refractivity contribution in [2.75, 3.05) is 13.2 Å². The fourth-order valence-electron chi connectivity index (χ4n) is 3.76. The van der Waals surface area contributed by atoms with Crippen molar-refractivity contribution in [3.8, 4) is 0 Å². The Hall–Kier alpha value is -2.75. The molecule has 3 heterocycles. The van der Waals surface area contributed by atoms with E-state index < -0.39 is 18.2 Å². The summed E-state index contributed by atoms with van der Waals surface area (Å²) in [5.41, 5.74) is 3.60. The molecule has 1 amide bonds. The molecule has 0 aliphatic carbocycles. The second-order valence-electron chi connectivity index (χ2n) is 7.35. The molecular weight excluding hydrogens is 387 g/mol. The zero-order chi connectivity index (χ0) is 20.8. The van der Waals surface area contributed by atoms with Crippen LogP contribution in [0, 0.1) is 13.8 Å². The minimum atomic E-state index is -4.97. The van der Waals surface area contributed by atoms with E-state index in [0.29, 0.717) is 24.2 Å². The van der Waals surface area contributed by atoms with Gasteiger partial charge in [0.1, 0.15) is 0 Å². The molecule has 1 aromatic carbocycles. The molecule has 2 aromatic heterocycles. The first-order valence-corrected chi connectivity index (χ1v) is 9.33. The van der Waals surface area contributed by atoms with Gasteiger partial charge in [-0.2, -0.15) is 17.7 Å². The summed E-state index contributed by atoms with van der Waals surface area (Å²) in [4.78, 5) is 12.9. The van der Waals surface area contributed by atoms with Crippen LogP contribution in [0.4, 0.5) is 13.2 Å². The summed E-state index contributed by atoms with van der Waals surface area (Å²) in [6.07, 6.45) is -3.98. The van der Waals surface area contributed by atoms with E-state index in [9.17, 15) is 18.0 Å². The largest absolute Gasteiger partial charge is 0.471 e. The summed E-state index contributed by atoms with van der Waals surface area (Å²) in [5.74, 6) is -1.89. The van der Waals surface area contributed by atoms with Crippen LogP contribution >= 0.6 is 0 Å². The van der Waals surface area contributed by atoms with Crippen LogP contribution < -0.4 is 0 Å². The van der Waals surface area contributed by atoms with Crippen molar-refractivity contribution in [2.45, 2.75) is 45.5 Å². The molecule has 10 heteroatoms. The number of fused-ring (bicyclic) bond motifs is 3. The van der Waals surface area contributed by atoms with E-state index >= 15 is 0 Å². The number of halogens is 3. The smallest absolute Gasteiger partial charge is 0.376 e. The third-order valence-electron chi connectivity index (χ3n) is 5.37. The first-order chi connectivity index (χ1) is 13.8. The molecule has 4 rings (SSSR count). The Morgan fingerprint density at radius 1 is 1.34 bits per heavy atom. The highest BCUT2D eigenvalue weighted by Gasteiger charge is 2.43. The van der Waals surface area contributed by atoms with Crippen molar-refractivity contribution in [1.29, 1.82) is 0 Å². The van der Waals surface area contributed by atoms with Gasteiger partial charge in [0.2, 0.25) is 0 Å². The summed E-state index contributed by atoms with van der Waals surface area (Å²) in [6, 6.07) is 5.56. The Labute approximate surface area is 164 Å². The zero-order valence-corrected chi connectivity index (χ0v) is 16.0.